The highest BCUT2D eigenvalue weighted by Crippen LogP contribution is 2.26. The third kappa shape index (κ3) is 5.05. The second-order valence-corrected chi connectivity index (χ2v) is 8.02. The van der Waals surface area contributed by atoms with Crippen LogP contribution in [0, 0.1) is 6.92 Å². The quantitative estimate of drug-likeness (QED) is 0.481. The number of amides is 1. The molecule has 8 heteroatoms. The van der Waals surface area contributed by atoms with E-state index in [1.807, 2.05) is 6.07 Å². The molecule has 0 radical (unpaired) electrons. The fourth-order valence-electron chi connectivity index (χ4n) is 2.65. The highest BCUT2D eigenvalue weighted by atomic mass is 32.2. The number of pyridine rings is 1. The van der Waals surface area contributed by atoms with Crippen molar-refractivity contribution in [2.45, 2.75) is 11.8 Å². The molecule has 3 rings (SSSR count). The molecule has 0 saturated heterocycles. The highest BCUT2D eigenvalue weighted by molar-refractivity contribution is 7.92. The normalized spacial score (nSPS) is 11.3. The van der Waals surface area contributed by atoms with Crippen LogP contribution in [0.3, 0.4) is 0 Å². The van der Waals surface area contributed by atoms with Crippen molar-refractivity contribution in [1.82, 2.24) is 10.4 Å². The Balaban J connectivity index is 1.85. The number of nitrogens with one attached hydrogen (secondary N) is 1. The van der Waals surface area contributed by atoms with Crippen LogP contribution < -0.4 is 9.73 Å². The molecule has 1 aromatic heterocycles. The summed E-state index contributed by atoms with van der Waals surface area (Å²) < 4.78 is 27.5. The maximum Gasteiger partial charge on any atom is 0.264 e. The van der Waals surface area contributed by atoms with Gasteiger partial charge in [-0.25, -0.2) is 13.8 Å². The van der Waals surface area contributed by atoms with Crippen LogP contribution in [-0.4, -0.2) is 32.1 Å². The fourth-order valence-corrected chi connectivity index (χ4v) is 4.16. The number of aryl methyl sites for hydroxylation is 1. The van der Waals surface area contributed by atoms with E-state index in [4.69, 9.17) is 0 Å². The number of benzene rings is 2. The first-order valence-corrected chi connectivity index (χ1v) is 10.3. The van der Waals surface area contributed by atoms with Gasteiger partial charge in [0.2, 0.25) is 0 Å². The molecule has 0 aliphatic rings. The Bertz CT molecular complexity index is 1100. The zero-order valence-electron chi connectivity index (χ0n) is 15.8. The van der Waals surface area contributed by atoms with Gasteiger partial charge in [-0.2, -0.15) is 5.10 Å². The van der Waals surface area contributed by atoms with Gasteiger partial charge in [-0.15, -0.1) is 0 Å². The van der Waals surface area contributed by atoms with Crippen LogP contribution in [0.4, 0.5) is 5.69 Å². The van der Waals surface area contributed by atoms with E-state index in [9.17, 15) is 13.2 Å². The van der Waals surface area contributed by atoms with Crippen molar-refractivity contribution in [3.8, 4) is 0 Å². The number of hydrogen-bond donors (Lipinski definition) is 1. The predicted molar refractivity (Wildman–Crippen MR) is 112 cm³/mol. The van der Waals surface area contributed by atoms with Crippen molar-refractivity contribution in [1.29, 1.82) is 0 Å². The number of carbonyl (C=O) groups is 1. The lowest BCUT2D eigenvalue weighted by atomic mass is 10.2. The molecule has 1 heterocycles. The van der Waals surface area contributed by atoms with Crippen LogP contribution in [0.2, 0.25) is 0 Å². The Morgan fingerprint density at radius 3 is 2.41 bits per heavy atom. The highest BCUT2D eigenvalue weighted by Gasteiger charge is 2.27. The summed E-state index contributed by atoms with van der Waals surface area (Å²) in [4.78, 5) is 16.6. The fraction of sp³-hybridized carbons (Fsp3) is 0.0952. The second kappa shape index (κ2) is 9.11. The maximum atomic E-state index is 13.2. The van der Waals surface area contributed by atoms with Gasteiger partial charge in [-0.1, -0.05) is 42.5 Å². The smallest absolute Gasteiger partial charge is 0.264 e. The lowest BCUT2D eigenvalue weighted by Crippen LogP contribution is -2.40. The topological polar surface area (TPSA) is 91.7 Å². The van der Waals surface area contributed by atoms with E-state index in [2.05, 4.69) is 15.5 Å². The maximum absolute atomic E-state index is 13.2. The van der Waals surface area contributed by atoms with Gasteiger partial charge in [-0.05, 0) is 42.8 Å². The second-order valence-electron chi connectivity index (χ2n) is 6.16. The van der Waals surface area contributed by atoms with E-state index in [-0.39, 0.29) is 4.90 Å². The van der Waals surface area contributed by atoms with Gasteiger partial charge < -0.3 is 0 Å². The first-order valence-electron chi connectivity index (χ1n) is 8.85. The van der Waals surface area contributed by atoms with Crippen molar-refractivity contribution in [3.05, 3.63) is 90.3 Å². The van der Waals surface area contributed by atoms with E-state index < -0.39 is 22.5 Å². The van der Waals surface area contributed by atoms with Crippen molar-refractivity contribution in [2.24, 2.45) is 5.10 Å². The molecule has 148 valence electrons. The van der Waals surface area contributed by atoms with E-state index in [1.165, 1.54) is 18.3 Å². The molecule has 1 amide bonds. The van der Waals surface area contributed by atoms with Gasteiger partial charge in [-0.3, -0.25) is 14.1 Å². The molecule has 0 unspecified atom stereocenters. The molecule has 0 fully saturated rings. The number of hydrogen-bond acceptors (Lipinski definition) is 5. The van der Waals surface area contributed by atoms with Crippen LogP contribution in [0.5, 0.6) is 0 Å². The van der Waals surface area contributed by atoms with E-state index in [0.29, 0.717) is 11.4 Å². The summed E-state index contributed by atoms with van der Waals surface area (Å²) in [6, 6.07) is 20.3. The SMILES string of the molecule is Cc1ccccc1N(CC(=O)N/N=C/c1ccccn1)S(=O)(=O)c1ccccc1. The van der Waals surface area contributed by atoms with Crippen LogP contribution in [-0.2, 0) is 14.8 Å². The Morgan fingerprint density at radius 2 is 1.72 bits per heavy atom. The Labute approximate surface area is 169 Å². The number of rotatable bonds is 7. The molecule has 3 aromatic rings. The van der Waals surface area contributed by atoms with Gasteiger partial charge in [0.05, 0.1) is 22.5 Å². The first kappa shape index (κ1) is 20.2. The number of sulfonamides is 1. The van der Waals surface area contributed by atoms with E-state index in [0.717, 1.165) is 9.87 Å². The van der Waals surface area contributed by atoms with Crippen molar-refractivity contribution < 1.29 is 13.2 Å². The predicted octanol–water partition coefficient (Wildman–Crippen LogP) is 2.74. The molecule has 1 N–H and O–H groups in total. The largest absolute Gasteiger partial charge is 0.271 e. The minimum atomic E-state index is -3.94. The van der Waals surface area contributed by atoms with Gasteiger partial charge in [0.15, 0.2) is 0 Å². The third-order valence-electron chi connectivity index (χ3n) is 4.08. The van der Waals surface area contributed by atoms with Gasteiger partial charge in [0.1, 0.15) is 6.54 Å². The third-order valence-corrected chi connectivity index (χ3v) is 5.85. The van der Waals surface area contributed by atoms with Gasteiger partial charge in [0.25, 0.3) is 15.9 Å². The standard InChI is InChI=1S/C21H20N4O3S/c1-17-9-5-6-13-20(17)25(29(27,28)19-11-3-2-4-12-19)16-21(26)24-23-15-18-10-7-8-14-22-18/h2-15H,16H2,1H3,(H,24,26)/b23-15+. The summed E-state index contributed by atoms with van der Waals surface area (Å²) in [6.07, 6.45) is 3.00. The number of carbonyl (C=O) groups excluding carboxylic acids is 1. The van der Waals surface area contributed by atoms with E-state index >= 15 is 0 Å². The molecule has 0 aliphatic carbocycles. The number of anilines is 1. The number of para-hydroxylation sites is 1. The first-order chi connectivity index (χ1) is 14.0. The minimum absolute atomic E-state index is 0.105. The molecule has 0 atom stereocenters. The zero-order valence-corrected chi connectivity index (χ0v) is 16.6. The van der Waals surface area contributed by atoms with Gasteiger partial charge >= 0.3 is 0 Å². The number of hydrazone groups is 1. The molecular formula is C21H20N4O3S. The molecule has 0 spiro atoms. The number of nitrogens with zero attached hydrogens (tertiary/aromatic N) is 3. The van der Waals surface area contributed by atoms with E-state index in [1.54, 1.807) is 67.7 Å². The molecule has 7 nitrogen and oxygen atoms in total. The Hall–Kier alpha value is -3.52. The lowest BCUT2D eigenvalue weighted by molar-refractivity contribution is -0.119. The van der Waals surface area contributed by atoms with Crippen LogP contribution in [0.25, 0.3) is 0 Å². The molecule has 0 saturated carbocycles. The number of aromatic nitrogens is 1. The summed E-state index contributed by atoms with van der Waals surface area (Å²) in [5.41, 5.74) is 4.09. The Kier molecular flexibility index (Phi) is 6.36. The summed E-state index contributed by atoms with van der Waals surface area (Å²) in [5, 5.41) is 3.86. The Morgan fingerprint density at radius 1 is 1.03 bits per heavy atom. The van der Waals surface area contributed by atoms with Gasteiger partial charge in [0, 0.05) is 6.20 Å². The van der Waals surface area contributed by atoms with Crippen molar-refractivity contribution in [2.75, 3.05) is 10.8 Å². The summed E-state index contributed by atoms with van der Waals surface area (Å²) in [6.45, 7) is 1.38. The molecule has 0 bridgehead atoms. The lowest BCUT2D eigenvalue weighted by Gasteiger charge is -2.25. The van der Waals surface area contributed by atoms with Crippen LogP contribution >= 0.6 is 0 Å². The average molecular weight is 408 g/mol. The molecule has 0 aliphatic heterocycles. The average Bonchev–Trinajstić information content (AvgIpc) is 2.74. The summed E-state index contributed by atoms with van der Waals surface area (Å²) in [7, 11) is -3.94. The summed E-state index contributed by atoms with van der Waals surface area (Å²) in [5.74, 6) is -0.569. The van der Waals surface area contributed by atoms with Crippen LogP contribution in [0.1, 0.15) is 11.3 Å². The summed E-state index contributed by atoms with van der Waals surface area (Å²) >= 11 is 0. The molecular weight excluding hydrogens is 388 g/mol. The van der Waals surface area contributed by atoms with Crippen molar-refractivity contribution in [3.63, 3.8) is 0 Å². The van der Waals surface area contributed by atoms with Crippen molar-refractivity contribution >= 4 is 27.8 Å². The minimum Gasteiger partial charge on any atom is -0.271 e. The van der Waals surface area contributed by atoms with Crippen LogP contribution in [0.15, 0.2) is 89.0 Å². The monoisotopic (exact) mass is 408 g/mol. The zero-order chi connectivity index (χ0) is 20.7. The molecule has 2 aromatic carbocycles. The molecule has 29 heavy (non-hydrogen) atoms.